The average molecular weight is 242 g/mol. The highest BCUT2D eigenvalue weighted by molar-refractivity contribution is 7.93. The molecular formula is C11H18N2O2S. The zero-order valence-electron chi connectivity index (χ0n) is 9.82. The molecule has 0 radical (unpaired) electrons. The lowest BCUT2D eigenvalue weighted by atomic mass is 10.1. The lowest BCUT2D eigenvalue weighted by Crippen LogP contribution is -2.31. The molecule has 0 bridgehead atoms. The van der Waals surface area contributed by atoms with Gasteiger partial charge in [-0.3, -0.25) is 4.72 Å². The lowest BCUT2D eigenvalue weighted by molar-refractivity contribution is 0.589. The Kier molecular flexibility index (Phi) is 3.93. The molecule has 0 amide bonds. The molecule has 4 nitrogen and oxygen atoms in total. The lowest BCUT2D eigenvalue weighted by Gasteiger charge is -2.14. The highest BCUT2D eigenvalue weighted by Gasteiger charge is 2.19. The second-order valence-electron chi connectivity index (χ2n) is 4.01. The molecule has 0 aliphatic rings. The van der Waals surface area contributed by atoms with Crippen LogP contribution in [0.2, 0.25) is 0 Å². The molecule has 0 spiro atoms. The standard InChI is InChI=1S/C11H18N2O2S/c1-8-4-5-11(9(2)6-8)13-16(14,15)10(3)7-12/h4-6,10,13H,7,12H2,1-3H3. The normalized spacial score (nSPS) is 13.5. The van der Waals surface area contributed by atoms with Crippen molar-refractivity contribution in [2.75, 3.05) is 11.3 Å². The molecule has 0 saturated carbocycles. The summed E-state index contributed by atoms with van der Waals surface area (Å²) in [6, 6.07) is 5.58. The molecule has 1 unspecified atom stereocenters. The Morgan fingerprint density at radius 3 is 2.50 bits per heavy atom. The van der Waals surface area contributed by atoms with Crippen molar-refractivity contribution in [2.45, 2.75) is 26.0 Å². The van der Waals surface area contributed by atoms with Crippen LogP contribution in [0.15, 0.2) is 18.2 Å². The third-order valence-electron chi connectivity index (χ3n) is 2.50. The van der Waals surface area contributed by atoms with Crippen LogP contribution in [0.5, 0.6) is 0 Å². The minimum absolute atomic E-state index is 0.111. The van der Waals surface area contributed by atoms with Crippen molar-refractivity contribution >= 4 is 15.7 Å². The Balaban J connectivity index is 2.97. The zero-order valence-corrected chi connectivity index (χ0v) is 10.6. The van der Waals surface area contributed by atoms with E-state index < -0.39 is 15.3 Å². The van der Waals surface area contributed by atoms with Crippen LogP contribution in [0.3, 0.4) is 0 Å². The molecule has 0 saturated heterocycles. The van der Waals surface area contributed by atoms with Gasteiger partial charge in [-0.1, -0.05) is 17.7 Å². The van der Waals surface area contributed by atoms with Crippen LogP contribution in [0.25, 0.3) is 0 Å². The van der Waals surface area contributed by atoms with Crippen molar-refractivity contribution in [1.82, 2.24) is 0 Å². The van der Waals surface area contributed by atoms with Crippen LogP contribution in [-0.2, 0) is 10.0 Å². The van der Waals surface area contributed by atoms with Crippen LogP contribution in [0.4, 0.5) is 5.69 Å². The fourth-order valence-electron chi connectivity index (χ4n) is 1.31. The molecule has 1 atom stereocenters. The van der Waals surface area contributed by atoms with Crippen molar-refractivity contribution in [1.29, 1.82) is 0 Å². The van der Waals surface area contributed by atoms with E-state index in [2.05, 4.69) is 4.72 Å². The minimum atomic E-state index is -3.37. The SMILES string of the molecule is Cc1ccc(NS(=O)(=O)C(C)CN)c(C)c1. The highest BCUT2D eigenvalue weighted by atomic mass is 32.2. The Morgan fingerprint density at radius 2 is 2.00 bits per heavy atom. The first-order valence-electron chi connectivity index (χ1n) is 5.16. The Hall–Kier alpha value is -1.07. The summed E-state index contributed by atoms with van der Waals surface area (Å²) in [7, 11) is -3.37. The van der Waals surface area contributed by atoms with Crippen molar-refractivity contribution in [2.24, 2.45) is 5.73 Å². The smallest absolute Gasteiger partial charge is 0.236 e. The number of anilines is 1. The number of benzene rings is 1. The maximum atomic E-state index is 11.8. The highest BCUT2D eigenvalue weighted by Crippen LogP contribution is 2.18. The Morgan fingerprint density at radius 1 is 1.38 bits per heavy atom. The number of nitrogens with two attached hydrogens (primary N) is 1. The van der Waals surface area contributed by atoms with Gasteiger partial charge in [0.25, 0.3) is 0 Å². The summed E-state index contributed by atoms with van der Waals surface area (Å²) in [5.41, 5.74) is 7.99. The zero-order chi connectivity index (χ0) is 12.3. The maximum Gasteiger partial charge on any atom is 0.236 e. The predicted molar refractivity (Wildman–Crippen MR) is 67.0 cm³/mol. The fraction of sp³-hybridized carbons (Fsp3) is 0.455. The van der Waals surface area contributed by atoms with E-state index in [-0.39, 0.29) is 6.54 Å². The van der Waals surface area contributed by atoms with Gasteiger partial charge in [-0.05, 0) is 32.4 Å². The Labute approximate surface area is 96.9 Å². The minimum Gasteiger partial charge on any atom is -0.329 e. The molecule has 1 aromatic rings. The first kappa shape index (κ1) is 13.0. The van der Waals surface area contributed by atoms with Crippen LogP contribution >= 0.6 is 0 Å². The summed E-state index contributed by atoms with van der Waals surface area (Å²) in [4.78, 5) is 0. The van der Waals surface area contributed by atoms with Gasteiger partial charge in [0, 0.05) is 6.54 Å². The van der Waals surface area contributed by atoms with E-state index >= 15 is 0 Å². The monoisotopic (exact) mass is 242 g/mol. The third kappa shape index (κ3) is 2.96. The van der Waals surface area contributed by atoms with Crippen molar-refractivity contribution in [3.05, 3.63) is 29.3 Å². The molecule has 0 fully saturated rings. The summed E-state index contributed by atoms with van der Waals surface area (Å²) in [6.07, 6.45) is 0. The molecule has 0 aliphatic carbocycles. The van der Waals surface area contributed by atoms with Gasteiger partial charge in [0.1, 0.15) is 0 Å². The van der Waals surface area contributed by atoms with E-state index in [4.69, 9.17) is 5.73 Å². The summed E-state index contributed by atoms with van der Waals surface area (Å²) in [6.45, 7) is 5.54. The molecule has 3 N–H and O–H groups in total. The number of sulfonamides is 1. The topological polar surface area (TPSA) is 72.2 Å². The van der Waals surface area contributed by atoms with Gasteiger partial charge in [-0.2, -0.15) is 0 Å². The number of hydrogen-bond donors (Lipinski definition) is 2. The molecule has 0 aliphatic heterocycles. The molecule has 1 aromatic carbocycles. The van der Waals surface area contributed by atoms with E-state index in [0.29, 0.717) is 5.69 Å². The van der Waals surface area contributed by atoms with Gasteiger partial charge in [-0.15, -0.1) is 0 Å². The molecular weight excluding hydrogens is 224 g/mol. The van der Waals surface area contributed by atoms with Gasteiger partial charge < -0.3 is 5.73 Å². The van der Waals surface area contributed by atoms with Crippen LogP contribution in [0, 0.1) is 13.8 Å². The number of aryl methyl sites for hydroxylation is 2. The van der Waals surface area contributed by atoms with E-state index in [9.17, 15) is 8.42 Å². The second kappa shape index (κ2) is 4.84. The van der Waals surface area contributed by atoms with Gasteiger partial charge >= 0.3 is 0 Å². The van der Waals surface area contributed by atoms with Gasteiger partial charge in [0.15, 0.2) is 0 Å². The molecule has 5 heteroatoms. The van der Waals surface area contributed by atoms with E-state index in [1.807, 2.05) is 26.0 Å². The maximum absolute atomic E-state index is 11.8. The first-order valence-corrected chi connectivity index (χ1v) is 6.70. The summed E-state index contributed by atoms with van der Waals surface area (Å²) in [5, 5.41) is -0.590. The van der Waals surface area contributed by atoms with Crippen LogP contribution in [-0.4, -0.2) is 20.2 Å². The largest absolute Gasteiger partial charge is 0.329 e. The predicted octanol–water partition coefficient (Wildman–Crippen LogP) is 1.39. The number of rotatable bonds is 4. The summed E-state index contributed by atoms with van der Waals surface area (Å²) < 4.78 is 26.1. The summed E-state index contributed by atoms with van der Waals surface area (Å²) in [5.74, 6) is 0. The van der Waals surface area contributed by atoms with Gasteiger partial charge in [-0.25, -0.2) is 8.42 Å². The van der Waals surface area contributed by atoms with Crippen molar-refractivity contribution in [3.63, 3.8) is 0 Å². The second-order valence-corrected chi connectivity index (χ2v) is 6.11. The Bertz CT molecular complexity index is 469. The molecule has 90 valence electrons. The third-order valence-corrected chi connectivity index (χ3v) is 4.25. The van der Waals surface area contributed by atoms with E-state index in [1.165, 1.54) is 0 Å². The number of hydrogen-bond acceptors (Lipinski definition) is 3. The fourth-order valence-corrected chi connectivity index (χ4v) is 2.30. The quantitative estimate of drug-likeness (QED) is 0.838. The summed E-state index contributed by atoms with van der Waals surface area (Å²) >= 11 is 0. The van der Waals surface area contributed by atoms with Crippen LogP contribution < -0.4 is 10.5 Å². The molecule has 0 heterocycles. The van der Waals surface area contributed by atoms with E-state index in [0.717, 1.165) is 11.1 Å². The van der Waals surface area contributed by atoms with E-state index in [1.54, 1.807) is 13.0 Å². The van der Waals surface area contributed by atoms with Crippen LogP contribution in [0.1, 0.15) is 18.1 Å². The van der Waals surface area contributed by atoms with Gasteiger partial charge in [0.2, 0.25) is 10.0 Å². The van der Waals surface area contributed by atoms with Gasteiger partial charge in [0.05, 0.1) is 10.9 Å². The van der Waals surface area contributed by atoms with Crippen molar-refractivity contribution in [3.8, 4) is 0 Å². The first-order chi connectivity index (χ1) is 7.36. The average Bonchev–Trinajstić information content (AvgIpc) is 2.21. The molecule has 16 heavy (non-hydrogen) atoms. The van der Waals surface area contributed by atoms with Crippen molar-refractivity contribution < 1.29 is 8.42 Å². The molecule has 0 aromatic heterocycles. The molecule has 1 rings (SSSR count). The number of nitrogens with one attached hydrogen (secondary N) is 1.